The number of hydrogen-bond donors (Lipinski definition) is 1. The Kier molecular flexibility index (Phi) is 7.01. The fraction of sp³-hybridized carbons (Fsp3) is 0.115. The summed E-state index contributed by atoms with van der Waals surface area (Å²) >= 11 is 7.11. The molecular weight excluding hydrogens is 473 g/mol. The second kappa shape index (κ2) is 10.1. The average molecular weight is 492 g/mol. The number of benzene rings is 3. The molecule has 1 unspecified atom stereocenters. The van der Waals surface area contributed by atoms with E-state index in [2.05, 4.69) is 5.32 Å². The molecule has 0 aromatic heterocycles. The number of nitrogens with one attached hydrogen (secondary N) is 1. The van der Waals surface area contributed by atoms with Crippen LogP contribution in [0.15, 0.2) is 83.4 Å². The molecule has 34 heavy (non-hydrogen) atoms. The number of carbonyl (C=O) groups excluding carboxylic acids is 2. The lowest BCUT2D eigenvalue weighted by Crippen LogP contribution is -2.30. The molecule has 0 aliphatic carbocycles. The van der Waals surface area contributed by atoms with Crippen molar-refractivity contribution in [3.63, 3.8) is 0 Å². The van der Waals surface area contributed by atoms with Crippen molar-refractivity contribution in [2.75, 3.05) is 10.2 Å². The summed E-state index contributed by atoms with van der Waals surface area (Å²) in [4.78, 5) is 27.8. The summed E-state index contributed by atoms with van der Waals surface area (Å²) < 4.78 is 13.5. The van der Waals surface area contributed by atoms with E-state index in [0.717, 1.165) is 22.9 Å². The molecule has 0 radical (unpaired) electrons. The first-order valence-electron chi connectivity index (χ1n) is 10.4. The van der Waals surface area contributed by atoms with Gasteiger partial charge in [-0.05, 0) is 67.4 Å². The molecule has 2 amide bonds. The number of hydrogen-bond acceptors (Lipinski definition) is 4. The van der Waals surface area contributed by atoms with Gasteiger partial charge >= 0.3 is 0 Å². The molecule has 170 valence electrons. The fourth-order valence-corrected chi connectivity index (χ4v) is 4.91. The first-order chi connectivity index (χ1) is 16.4. The molecule has 3 aromatic rings. The fourth-order valence-electron chi connectivity index (χ4n) is 3.48. The summed E-state index contributed by atoms with van der Waals surface area (Å²) in [6, 6.07) is 21.6. The third-order valence-corrected chi connectivity index (χ3v) is 6.75. The molecule has 3 aromatic carbocycles. The maximum atomic E-state index is 13.5. The van der Waals surface area contributed by atoms with Gasteiger partial charge in [-0.15, -0.1) is 0 Å². The van der Waals surface area contributed by atoms with E-state index in [9.17, 15) is 19.2 Å². The van der Waals surface area contributed by atoms with Gasteiger partial charge in [0, 0.05) is 16.4 Å². The van der Waals surface area contributed by atoms with Gasteiger partial charge in [-0.3, -0.25) is 14.5 Å². The SMILES string of the molecule is Cc1ccc(NC(=O)/C(C#N)=C2\SC(Cc3ccc(Cl)cc3)C(=O)N2c2ccc(F)cc2)cc1. The van der Waals surface area contributed by atoms with Crippen LogP contribution in [0.1, 0.15) is 11.1 Å². The minimum Gasteiger partial charge on any atom is -0.321 e. The van der Waals surface area contributed by atoms with Crippen LogP contribution in [0.2, 0.25) is 5.02 Å². The maximum absolute atomic E-state index is 13.5. The Morgan fingerprint density at radius 3 is 2.35 bits per heavy atom. The Bertz CT molecular complexity index is 1300. The minimum absolute atomic E-state index is 0.193. The lowest BCUT2D eigenvalue weighted by Gasteiger charge is -2.18. The molecule has 0 bridgehead atoms. The Morgan fingerprint density at radius 1 is 1.09 bits per heavy atom. The standard InChI is InChI=1S/C26H19ClFN3O2S/c1-16-2-10-20(11-3-16)30-24(32)22(15-29)26-31(21-12-8-19(28)9-13-21)25(33)23(34-26)14-17-4-6-18(27)7-5-17/h2-13,23H,14H2,1H3,(H,30,32)/b26-22-. The van der Waals surface area contributed by atoms with Crippen molar-refractivity contribution < 1.29 is 14.0 Å². The lowest BCUT2D eigenvalue weighted by molar-refractivity contribution is -0.117. The van der Waals surface area contributed by atoms with Crippen LogP contribution in [0.4, 0.5) is 15.8 Å². The van der Waals surface area contributed by atoms with E-state index in [-0.39, 0.29) is 16.5 Å². The maximum Gasteiger partial charge on any atom is 0.269 e. The van der Waals surface area contributed by atoms with E-state index in [4.69, 9.17) is 11.6 Å². The van der Waals surface area contributed by atoms with Crippen LogP contribution in [0.25, 0.3) is 0 Å². The van der Waals surface area contributed by atoms with Crippen LogP contribution in [-0.4, -0.2) is 17.1 Å². The number of carbonyl (C=O) groups is 2. The molecule has 1 aliphatic rings. The largest absolute Gasteiger partial charge is 0.321 e. The Hall–Kier alpha value is -3.60. The number of anilines is 2. The van der Waals surface area contributed by atoms with E-state index >= 15 is 0 Å². The van der Waals surface area contributed by atoms with Crippen LogP contribution in [-0.2, 0) is 16.0 Å². The zero-order valence-electron chi connectivity index (χ0n) is 18.1. The van der Waals surface area contributed by atoms with E-state index in [1.54, 1.807) is 24.3 Å². The number of thioether (sulfide) groups is 1. The van der Waals surface area contributed by atoms with E-state index in [0.29, 0.717) is 22.8 Å². The van der Waals surface area contributed by atoms with Gasteiger partial charge < -0.3 is 5.32 Å². The summed E-state index contributed by atoms with van der Waals surface area (Å²) in [6.07, 6.45) is 0.375. The molecule has 1 aliphatic heterocycles. The van der Waals surface area contributed by atoms with Crippen molar-refractivity contribution in [2.45, 2.75) is 18.6 Å². The predicted octanol–water partition coefficient (Wildman–Crippen LogP) is 5.85. The highest BCUT2D eigenvalue weighted by molar-refractivity contribution is 8.05. The molecule has 4 rings (SSSR count). The van der Waals surface area contributed by atoms with Crippen molar-refractivity contribution in [3.8, 4) is 6.07 Å². The highest BCUT2D eigenvalue weighted by atomic mass is 35.5. The molecule has 1 heterocycles. The van der Waals surface area contributed by atoms with Crippen LogP contribution >= 0.6 is 23.4 Å². The van der Waals surface area contributed by atoms with Crippen LogP contribution in [0, 0.1) is 24.1 Å². The number of aryl methyl sites for hydroxylation is 1. The van der Waals surface area contributed by atoms with Crippen LogP contribution in [0.3, 0.4) is 0 Å². The lowest BCUT2D eigenvalue weighted by atomic mass is 10.1. The number of nitrogens with zero attached hydrogens (tertiary/aromatic N) is 2. The van der Waals surface area contributed by atoms with Crippen molar-refractivity contribution in [3.05, 3.63) is 105 Å². The van der Waals surface area contributed by atoms with Gasteiger partial charge in [-0.2, -0.15) is 5.26 Å². The van der Waals surface area contributed by atoms with Gasteiger partial charge in [0.25, 0.3) is 5.91 Å². The van der Waals surface area contributed by atoms with Gasteiger partial charge in [0.1, 0.15) is 22.5 Å². The normalized spacial score (nSPS) is 16.8. The van der Waals surface area contributed by atoms with Crippen LogP contribution in [0.5, 0.6) is 0 Å². The van der Waals surface area contributed by atoms with Crippen molar-refractivity contribution in [2.24, 2.45) is 0 Å². The Morgan fingerprint density at radius 2 is 1.74 bits per heavy atom. The first-order valence-corrected chi connectivity index (χ1v) is 11.6. The zero-order valence-corrected chi connectivity index (χ0v) is 19.7. The van der Waals surface area contributed by atoms with Crippen molar-refractivity contribution in [1.82, 2.24) is 0 Å². The molecule has 1 saturated heterocycles. The monoisotopic (exact) mass is 491 g/mol. The molecule has 0 spiro atoms. The summed E-state index contributed by atoms with van der Waals surface area (Å²) in [7, 11) is 0. The van der Waals surface area contributed by atoms with Gasteiger partial charge in [0.2, 0.25) is 5.91 Å². The summed E-state index contributed by atoms with van der Waals surface area (Å²) in [5.41, 5.74) is 2.63. The number of rotatable bonds is 5. The van der Waals surface area contributed by atoms with Gasteiger partial charge in [-0.1, -0.05) is 53.2 Å². The van der Waals surface area contributed by atoms with E-state index in [1.165, 1.54) is 29.2 Å². The van der Waals surface area contributed by atoms with Crippen LogP contribution < -0.4 is 10.2 Å². The topological polar surface area (TPSA) is 73.2 Å². The molecule has 1 N–H and O–H groups in total. The summed E-state index contributed by atoms with van der Waals surface area (Å²) in [6.45, 7) is 1.93. The smallest absolute Gasteiger partial charge is 0.269 e. The van der Waals surface area contributed by atoms with Gasteiger partial charge in [-0.25, -0.2) is 4.39 Å². The zero-order chi connectivity index (χ0) is 24.2. The number of amides is 2. The predicted molar refractivity (Wildman–Crippen MR) is 133 cm³/mol. The molecule has 8 heteroatoms. The highest BCUT2D eigenvalue weighted by Gasteiger charge is 2.40. The number of halogens is 2. The Balaban J connectivity index is 1.71. The third-order valence-electron chi connectivity index (χ3n) is 5.23. The molecular formula is C26H19ClFN3O2S. The summed E-state index contributed by atoms with van der Waals surface area (Å²) in [5, 5.41) is 12.8. The van der Waals surface area contributed by atoms with E-state index in [1.807, 2.05) is 37.3 Å². The quantitative estimate of drug-likeness (QED) is 0.359. The van der Waals surface area contributed by atoms with Crippen molar-refractivity contribution in [1.29, 1.82) is 5.26 Å². The molecule has 1 atom stereocenters. The Labute approximate surface area is 205 Å². The van der Waals surface area contributed by atoms with Gasteiger partial charge in [0.05, 0.1) is 5.25 Å². The molecule has 5 nitrogen and oxygen atoms in total. The molecule has 1 fully saturated rings. The van der Waals surface area contributed by atoms with E-state index < -0.39 is 17.0 Å². The molecule has 0 saturated carbocycles. The van der Waals surface area contributed by atoms with Crippen molar-refractivity contribution >= 4 is 46.6 Å². The van der Waals surface area contributed by atoms with Gasteiger partial charge in [0.15, 0.2) is 0 Å². The second-order valence-electron chi connectivity index (χ2n) is 7.70. The second-order valence-corrected chi connectivity index (χ2v) is 9.33. The number of nitriles is 1. The first kappa shape index (κ1) is 23.6. The summed E-state index contributed by atoms with van der Waals surface area (Å²) in [5.74, 6) is -1.37. The minimum atomic E-state index is -0.624. The third kappa shape index (κ3) is 5.14. The average Bonchev–Trinajstić information content (AvgIpc) is 3.13. The highest BCUT2D eigenvalue weighted by Crippen LogP contribution is 2.42.